The Kier molecular flexibility index (Phi) is 5.36. The third kappa shape index (κ3) is 3.52. The van der Waals surface area contributed by atoms with Crippen LogP contribution in [0.2, 0.25) is 0 Å². The predicted molar refractivity (Wildman–Crippen MR) is 91.3 cm³/mol. The molecule has 2 aromatic heterocycles. The topological polar surface area (TPSA) is 83.0 Å². The summed E-state index contributed by atoms with van der Waals surface area (Å²) in [6.07, 6.45) is 6.16. The largest absolute Gasteiger partial charge is 0.455 e. The van der Waals surface area contributed by atoms with E-state index >= 15 is 0 Å². The number of aromatic nitrogens is 3. The maximum Gasteiger partial charge on any atom is 0.342 e. The van der Waals surface area contributed by atoms with Crippen molar-refractivity contribution in [3.63, 3.8) is 0 Å². The zero-order chi connectivity index (χ0) is 17.0. The van der Waals surface area contributed by atoms with E-state index in [4.69, 9.17) is 10.5 Å². The van der Waals surface area contributed by atoms with Crippen LogP contribution in [0.15, 0.2) is 18.9 Å². The number of nitrogens with two attached hydrogens (primary N) is 1. The monoisotopic (exact) mass is 316 g/mol. The Morgan fingerprint density at radius 1 is 1.52 bits per heavy atom. The van der Waals surface area contributed by atoms with Crippen molar-refractivity contribution in [1.29, 1.82) is 0 Å². The molecule has 6 heteroatoms. The Morgan fingerprint density at radius 2 is 2.26 bits per heavy atom. The van der Waals surface area contributed by atoms with Gasteiger partial charge in [-0.3, -0.25) is 0 Å². The Balaban J connectivity index is 2.38. The first kappa shape index (κ1) is 17.0. The van der Waals surface area contributed by atoms with E-state index in [1.807, 2.05) is 4.68 Å². The SMILES string of the molecule is C=CC(C)OC(=O)c1c(C)nc2c(cnn2CCCCC)c1N. The highest BCUT2D eigenvalue weighted by atomic mass is 16.5. The van der Waals surface area contributed by atoms with Gasteiger partial charge in [0, 0.05) is 6.54 Å². The Bertz CT molecular complexity index is 721. The van der Waals surface area contributed by atoms with Gasteiger partial charge >= 0.3 is 5.97 Å². The fraction of sp³-hybridized carbons (Fsp3) is 0.471. The van der Waals surface area contributed by atoms with Gasteiger partial charge in [-0.25, -0.2) is 14.5 Å². The van der Waals surface area contributed by atoms with E-state index < -0.39 is 5.97 Å². The molecule has 0 aliphatic rings. The van der Waals surface area contributed by atoms with Gasteiger partial charge in [0.05, 0.1) is 23.0 Å². The lowest BCUT2D eigenvalue weighted by molar-refractivity contribution is 0.0425. The average Bonchev–Trinajstić information content (AvgIpc) is 2.90. The van der Waals surface area contributed by atoms with Crippen LogP contribution in [0.25, 0.3) is 11.0 Å². The van der Waals surface area contributed by atoms with E-state index in [1.165, 1.54) is 0 Å². The molecular weight excluding hydrogens is 292 g/mol. The van der Waals surface area contributed by atoms with Crippen LogP contribution >= 0.6 is 0 Å². The van der Waals surface area contributed by atoms with Gasteiger partial charge in [0.25, 0.3) is 0 Å². The van der Waals surface area contributed by atoms with Gasteiger partial charge in [-0.2, -0.15) is 5.10 Å². The van der Waals surface area contributed by atoms with Crippen LogP contribution in [0, 0.1) is 6.92 Å². The molecule has 0 aromatic carbocycles. The lowest BCUT2D eigenvalue weighted by atomic mass is 10.1. The van der Waals surface area contributed by atoms with Crippen LogP contribution in [0.3, 0.4) is 0 Å². The maximum atomic E-state index is 12.3. The molecule has 1 unspecified atom stereocenters. The minimum absolute atomic E-state index is 0.305. The Labute approximate surface area is 136 Å². The number of ether oxygens (including phenoxy) is 1. The van der Waals surface area contributed by atoms with Crippen LogP contribution < -0.4 is 5.73 Å². The molecule has 0 amide bonds. The number of carbonyl (C=O) groups excluding carboxylic acids is 1. The van der Waals surface area contributed by atoms with Crippen LogP contribution in [-0.2, 0) is 11.3 Å². The number of pyridine rings is 1. The molecule has 0 saturated carbocycles. The average molecular weight is 316 g/mol. The number of nitrogen functional groups attached to an aromatic ring is 1. The van der Waals surface area contributed by atoms with Crippen molar-refractivity contribution >= 4 is 22.7 Å². The third-order valence-electron chi connectivity index (χ3n) is 3.81. The molecule has 0 spiro atoms. The predicted octanol–water partition coefficient (Wildman–Crippen LogP) is 3.24. The van der Waals surface area contributed by atoms with Crippen molar-refractivity contribution in [3.05, 3.63) is 30.1 Å². The van der Waals surface area contributed by atoms with E-state index in [2.05, 4.69) is 23.6 Å². The van der Waals surface area contributed by atoms with E-state index in [0.717, 1.165) is 25.8 Å². The van der Waals surface area contributed by atoms with Gasteiger partial charge in [0.1, 0.15) is 11.7 Å². The molecule has 2 rings (SSSR count). The number of unbranched alkanes of at least 4 members (excludes halogenated alkanes) is 2. The number of fused-ring (bicyclic) bond motifs is 1. The van der Waals surface area contributed by atoms with Crippen LogP contribution in [0.1, 0.15) is 49.2 Å². The summed E-state index contributed by atoms with van der Waals surface area (Å²) in [4.78, 5) is 16.8. The number of anilines is 1. The summed E-state index contributed by atoms with van der Waals surface area (Å²) in [5, 5.41) is 5.04. The minimum Gasteiger partial charge on any atom is -0.455 e. The standard InChI is InChI=1S/C17H24N4O2/c1-5-7-8-9-21-16-13(10-19-21)15(18)14(12(4)20-16)17(22)23-11(3)6-2/h6,10-11H,2,5,7-9H2,1,3-4H3,(H2,18,20). The zero-order valence-corrected chi connectivity index (χ0v) is 14.0. The highest BCUT2D eigenvalue weighted by Crippen LogP contribution is 2.26. The molecular formula is C17H24N4O2. The summed E-state index contributed by atoms with van der Waals surface area (Å²) >= 11 is 0. The number of esters is 1. The van der Waals surface area contributed by atoms with Crippen LogP contribution in [0.4, 0.5) is 5.69 Å². The minimum atomic E-state index is -0.486. The molecule has 0 radical (unpaired) electrons. The molecule has 0 fully saturated rings. The highest BCUT2D eigenvalue weighted by molar-refractivity contribution is 6.04. The number of hydrogen-bond acceptors (Lipinski definition) is 5. The number of rotatable bonds is 7. The Morgan fingerprint density at radius 3 is 2.91 bits per heavy atom. The zero-order valence-electron chi connectivity index (χ0n) is 14.0. The lowest BCUT2D eigenvalue weighted by Gasteiger charge is -2.13. The number of carbonyl (C=O) groups is 1. The summed E-state index contributed by atoms with van der Waals surface area (Å²) in [5.74, 6) is -0.486. The van der Waals surface area contributed by atoms with Gasteiger partial charge in [-0.15, -0.1) is 0 Å². The molecule has 2 N–H and O–H groups in total. The smallest absolute Gasteiger partial charge is 0.342 e. The molecule has 23 heavy (non-hydrogen) atoms. The fourth-order valence-corrected chi connectivity index (χ4v) is 2.44. The van der Waals surface area contributed by atoms with Crippen LogP contribution in [0.5, 0.6) is 0 Å². The van der Waals surface area contributed by atoms with Crippen LogP contribution in [-0.4, -0.2) is 26.8 Å². The fourth-order valence-electron chi connectivity index (χ4n) is 2.44. The van der Waals surface area contributed by atoms with E-state index in [-0.39, 0.29) is 6.10 Å². The first-order chi connectivity index (χ1) is 11.0. The number of nitrogens with zero attached hydrogens (tertiary/aromatic N) is 3. The van der Waals surface area contributed by atoms with Crippen molar-refractivity contribution in [1.82, 2.24) is 14.8 Å². The maximum absolute atomic E-state index is 12.3. The molecule has 124 valence electrons. The van der Waals surface area contributed by atoms with E-state index in [1.54, 1.807) is 26.1 Å². The summed E-state index contributed by atoms with van der Waals surface area (Å²) < 4.78 is 7.12. The second-order valence-corrected chi connectivity index (χ2v) is 5.64. The molecule has 0 aliphatic carbocycles. The van der Waals surface area contributed by atoms with Crippen molar-refractivity contribution in [2.24, 2.45) is 0 Å². The molecule has 2 heterocycles. The molecule has 0 bridgehead atoms. The van der Waals surface area contributed by atoms with E-state index in [0.29, 0.717) is 28.0 Å². The quantitative estimate of drug-likeness (QED) is 0.481. The number of aryl methyl sites for hydroxylation is 2. The molecule has 0 aliphatic heterocycles. The second kappa shape index (κ2) is 7.26. The third-order valence-corrected chi connectivity index (χ3v) is 3.81. The van der Waals surface area contributed by atoms with E-state index in [9.17, 15) is 4.79 Å². The van der Waals surface area contributed by atoms with Gasteiger partial charge in [-0.05, 0) is 20.3 Å². The van der Waals surface area contributed by atoms with Gasteiger partial charge in [0.15, 0.2) is 5.65 Å². The van der Waals surface area contributed by atoms with Gasteiger partial charge < -0.3 is 10.5 Å². The van der Waals surface area contributed by atoms with Gasteiger partial charge in [-0.1, -0.05) is 32.4 Å². The first-order valence-corrected chi connectivity index (χ1v) is 7.94. The molecule has 6 nitrogen and oxygen atoms in total. The molecule has 2 aromatic rings. The molecule has 1 atom stereocenters. The summed E-state index contributed by atoms with van der Waals surface area (Å²) in [6, 6.07) is 0. The normalized spacial score (nSPS) is 12.3. The summed E-state index contributed by atoms with van der Waals surface area (Å²) in [5.41, 5.74) is 8.12. The summed E-state index contributed by atoms with van der Waals surface area (Å²) in [6.45, 7) is 10.1. The van der Waals surface area contributed by atoms with Crippen molar-refractivity contribution < 1.29 is 9.53 Å². The van der Waals surface area contributed by atoms with Crippen molar-refractivity contribution in [3.8, 4) is 0 Å². The van der Waals surface area contributed by atoms with Gasteiger partial charge in [0.2, 0.25) is 0 Å². The van der Waals surface area contributed by atoms with Crippen molar-refractivity contribution in [2.75, 3.05) is 5.73 Å². The van der Waals surface area contributed by atoms with Crippen molar-refractivity contribution in [2.45, 2.75) is 52.7 Å². The Hall–Kier alpha value is -2.37. The lowest BCUT2D eigenvalue weighted by Crippen LogP contribution is -2.16. The highest BCUT2D eigenvalue weighted by Gasteiger charge is 2.21. The number of hydrogen-bond donors (Lipinski definition) is 1. The summed E-state index contributed by atoms with van der Waals surface area (Å²) in [7, 11) is 0. The first-order valence-electron chi connectivity index (χ1n) is 7.94. The second-order valence-electron chi connectivity index (χ2n) is 5.64. The molecule has 0 saturated heterocycles.